The quantitative estimate of drug-likeness (QED) is 0.753. The molecule has 5 nitrogen and oxygen atoms in total. The van der Waals surface area contributed by atoms with Crippen molar-refractivity contribution in [3.8, 4) is 0 Å². The van der Waals surface area contributed by atoms with Crippen molar-refractivity contribution in [1.29, 1.82) is 0 Å². The standard InChI is InChI=1S/C11H17FN4O/c1-16(4-5-17-7-8-2-3-8)10-9(12)6-14-11(13)15-10/h6,8H,2-5,7H2,1H3,(H2,13,14,15). The molecule has 0 unspecified atom stereocenters. The first-order valence-corrected chi connectivity index (χ1v) is 5.73. The first-order valence-electron chi connectivity index (χ1n) is 5.73. The van der Waals surface area contributed by atoms with Gasteiger partial charge in [0.25, 0.3) is 0 Å². The van der Waals surface area contributed by atoms with Crippen LogP contribution in [0.5, 0.6) is 0 Å². The smallest absolute Gasteiger partial charge is 0.222 e. The highest BCUT2D eigenvalue weighted by Crippen LogP contribution is 2.28. The summed E-state index contributed by atoms with van der Waals surface area (Å²) in [6, 6.07) is 0. The maximum atomic E-state index is 13.4. The van der Waals surface area contributed by atoms with E-state index in [1.807, 2.05) is 0 Å². The SMILES string of the molecule is CN(CCOCC1CC1)c1nc(N)ncc1F. The molecule has 6 heteroatoms. The molecule has 1 fully saturated rings. The molecule has 2 N–H and O–H groups in total. The van der Waals surface area contributed by atoms with Gasteiger partial charge in [-0.3, -0.25) is 0 Å². The molecule has 2 rings (SSSR count). The lowest BCUT2D eigenvalue weighted by molar-refractivity contribution is 0.130. The molecule has 0 aromatic carbocycles. The predicted molar refractivity (Wildman–Crippen MR) is 63.2 cm³/mol. The van der Waals surface area contributed by atoms with E-state index in [1.165, 1.54) is 12.8 Å². The van der Waals surface area contributed by atoms with Gasteiger partial charge in [-0.15, -0.1) is 0 Å². The van der Waals surface area contributed by atoms with E-state index in [4.69, 9.17) is 10.5 Å². The van der Waals surface area contributed by atoms with Crippen molar-refractivity contribution in [2.45, 2.75) is 12.8 Å². The highest BCUT2D eigenvalue weighted by atomic mass is 19.1. The minimum absolute atomic E-state index is 0.0761. The third-order valence-corrected chi connectivity index (χ3v) is 2.73. The summed E-state index contributed by atoms with van der Waals surface area (Å²) < 4.78 is 18.9. The summed E-state index contributed by atoms with van der Waals surface area (Å²) >= 11 is 0. The number of nitrogen functional groups attached to an aromatic ring is 1. The number of hydrogen-bond donors (Lipinski definition) is 1. The zero-order chi connectivity index (χ0) is 12.3. The number of aromatic nitrogens is 2. The van der Waals surface area contributed by atoms with Crippen LogP contribution in [0.3, 0.4) is 0 Å². The molecule has 1 saturated carbocycles. The van der Waals surface area contributed by atoms with Crippen LogP contribution >= 0.6 is 0 Å². The van der Waals surface area contributed by atoms with Crippen LogP contribution in [0.15, 0.2) is 6.20 Å². The summed E-state index contributed by atoms with van der Waals surface area (Å²) in [6.07, 6.45) is 3.62. The van der Waals surface area contributed by atoms with Crippen molar-refractivity contribution in [2.24, 2.45) is 5.92 Å². The highest BCUT2D eigenvalue weighted by Gasteiger charge is 2.21. The second-order valence-electron chi connectivity index (χ2n) is 4.34. The van der Waals surface area contributed by atoms with Crippen LogP contribution in [0.25, 0.3) is 0 Å². The third kappa shape index (κ3) is 3.52. The predicted octanol–water partition coefficient (Wildman–Crippen LogP) is 1.06. The maximum Gasteiger partial charge on any atom is 0.222 e. The Morgan fingerprint density at radius 1 is 1.59 bits per heavy atom. The van der Waals surface area contributed by atoms with Crippen LogP contribution < -0.4 is 10.6 Å². The van der Waals surface area contributed by atoms with Gasteiger partial charge in [0.2, 0.25) is 5.95 Å². The van der Waals surface area contributed by atoms with E-state index in [-0.39, 0.29) is 11.8 Å². The fourth-order valence-corrected chi connectivity index (χ4v) is 1.48. The van der Waals surface area contributed by atoms with Crippen molar-refractivity contribution in [3.05, 3.63) is 12.0 Å². The highest BCUT2D eigenvalue weighted by molar-refractivity contribution is 5.41. The molecule has 1 aromatic rings. The summed E-state index contributed by atoms with van der Waals surface area (Å²) in [5.74, 6) is 0.565. The Bertz CT molecular complexity index is 384. The fourth-order valence-electron chi connectivity index (χ4n) is 1.48. The van der Waals surface area contributed by atoms with E-state index < -0.39 is 5.82 Å². The molecule has 0 atom stereocenters. The minimum Gasteiger partial charge on any atom is -0.379 e. The molecular formula is C11H17FN4O. The monoisotopic (exact) mass is 240 g/mol. The van der Waals surface area contributed by atoms with Gasteiger partial charge in [0, 0.05) is 20.2 Å². The van der Waals surface area contributed by atoms with Crippen LogP contribution in [0.1, 0.15) is 12.8 Å². The Morgan fingerprint density at radius 2 is 2.35 bits per heavy atom. The van der Waals surface area contributed by atoms with Gasteiger partial charge in [-0.05, 0) is 18.8 Å². The average molecular weight is 240 g/mol. The maximum absolute atomic E-state index is 13.4. The van der Waals surface area contributed by atoms with Gasteiger partial charge < -0.3 is 15.4 Å². The lowest BCUT2D eigenvalue weighted by Gasteiger charge is -2.18. The van der Waals surface area contributed by atoms with E-state index in [1.54, 1.807) is 11.9 Å². The number of ether oxygens (including phenoxy) is 1. The fraction of sp³-hybridized carbons (Fsp3) is 0.636. The molecule has 0 saturated heterocycles. The van der Waals surface area contributed by atoms with Crippen molar-refractivity contribution in [3.63, 3.8) is 0 Å². The molecule has 0 bridgehead atoms. The second kappa shape index (κ2) is 5.27. The number of nitrogens with two attached hydrogens (primary N) is 1. The van der Waals surface area contributed by atoms with Gasteiger partial charge in [-0.2, -0.15) is 4.98 Å². The first-order chi connectivity index (χ1) is 8.16. The van der Waals surface area contributed by atoms with E-state index in [9.17, 15) is 4.39 Å². The summed E-state index contributed by atoms with van der Waals surface area (Å²) in [4.78, 5) is 9.13. The van der Waals surface area contributed by atoms with Crippen molar-refractivity contribution in [2.75, 3.05) is 37.4 Å². The number of hydrogen-bond acceptors (Lipinski definition) is 5. The number of halogens is 1. The summed E-state index contributed by atoms with van der Waals surface area (Å²) in [5, 5.41) is 0. The van der Waals surface area contributed by atoms with Crippen LogP contribution in [0.2, 0.25) is 0 Å². The number of rotatable bonds is 6. The summed E-state index contributed by atoms with van der Waals surface area (Å²) in [6.45, 7) is 1.96. The van der Waals surface area contributed by atoms with E-state index in [0.717, 1.165) is 18.7 Å². The summed E-state index contributed by atoms with van der Waals surface area (Å²) in [5.41, 5.74) is 5.42. The molecule has 1 aliphatic carbocycles. The number of nitrogens with zero attached hydrogens (tertiary/aromatic N) is 3. The average Bonchev–Trinajstić information content (AvgIpc) is 3.11. The second-order valence-corrected chi connectivity index (χ2v) is 4.34. The van der Waals surface area contributed by atoms with Gasteiger partial charge in [0.15, 0.2) is 11.6 Å². The van der Waals surface area contributed by atoms with Crippen LogP contribution in [0.4, 0.5) is 16.2 Å². The van der Waals surface area contributed by atoms with Gasteiger partial charge in [-0.1, -0.05) is 0 Å². The molecule has 17 heavy (non-hydrogen) atoms. The molecule has 1 heterocycles. The molecule has 1 aromatic heterocycles. The van der Waals surface area contributed by atoms with Gasteiger partial charge in [0.05, 0.1) is 12.8 Å². The Kier molecular flexibility index (Phi) is 3.73. The minimum atomic E-state index is -0.469. The molecule has 0 amide bonds. The topological polar surface area (TPSA) is 64.3 Å². The van der Waals surface area contributed by atoms with Crippen LogP contribution in [-0.2, 0) is 4.74 Å². The Labute approximate surface area is 99.8 Å². The zero-order valence-electron chi connectivity index (χ0n) is 9.90. The Hall–Kier alpha value is -1.43. The number of likely N-dealkylation sites (N-methyl/N-ethyl adjacent to an activating group) is 1. The molecule has 0 aliphatic heterocycles. The summed E-state index contributed by atoms with van der Waals surface area (Å²) in [7, 11) is 1.76. The van der Waals surface area contributed by atoms with Gasteiger partial charge >= 0.3 is 0 Å². The first kappa shape index (κ1) is 12.0. The van der Waals surface area contributed by atoms with Crippen LogP contribution in [0, 0.1) is 11.7 Å². The van der Waals surface area contributed by atoms with Crippen molar-refractivity contribution < 1.29 is 9.13 Å². The van der Waals surface area contributed by atoms with Gasteiger partial charge in [0.1, 0.15) is 0 Å². The van der Waals surface area contributed by atoms with Crippen LogP contribution in [-0.4, -0.2) is 36.8 Å². The molecule has 0 spiro atoms. The molecular weight excluding hydrogens is 223 g/mol. The molecule has 94 valence electrons. The van der Waals surface area contributed by atoms with Gasteiger partial charge in [-0.25, -0.2) is 9.37 Å². The lowest BCUT2D eigenvalue weighted by Crippen LogP contribution is -2.25. The lowest BCUT2D eigenvalue weighted by atomic mass is 10.4. The van der Waals surface area contributed by atoms with Crippen molar-refractivity contribution >= 4 is 11.8 Å². The largest absolute Gasteiger partial charge is 0.379 e. The number of anilines is 2. The molecule has 1 aliphatic rings. The van der Waals surface area contributed by atoms with E-state index in [0.29, 0.717) is 13.2 Å². The van der Waals surface area contributed by atoms with Crippen molar-refractivity contribution in [1.82, 2.24) is 9.97 Å². The Morgan fingerprint density at radius 3 is 3.06 bits per heavy atom. The Balaban J connectivity index is 1.80. The van der Waals surface area contributed by atoms with E-state index in [2.05, 4.69) is 9.97 Å². The zero-order valence-corrected chi connectivity index (χ0v) is 9.90. The third-order valence-electron chi connectivity index (χ3n) is 2.73. The molecule has 0 radical (unpaired) electrons. The van der Waals surface area contributed by atoms with E-state index >= 15 is 0 Å². The normalized spacial score (nSPS) is 14.9.